The summed E-state index contributed by atoms with van der Waals surface area (Å²) in [7, 11) is -16.3. The lowest BCUT2D eigenvalue weighted by atomic mass is 9.97. The maximum Gasteiger partial charge on any atom is 0.265 e. The minimum Gasteiger partial charge on any atom is -0.494 e. The van der Waals surface area contributed by atoms with Gasteiger partial charge in [0.1, 0.15) is 46.3 Å². The van der Waals surface area contributed by atoms with Crippen LogP contribution in [0.1, 0.15) is 125 Å². The minimum atomic E-state index is -4.10. The highest BCUT2D eigenvalue weighted by Gasteiger charge is 2.56. The van der Waals surface area contributed by atoms with E-state index in [0.717, 1.165) is 83.5 Å². The molecule has 4 saturated heterocycles. The molecule has 4 heterocycles. The van der Waals surface area contributed by atoms with Crippen LogP contribution in [0.5, 0.6) is 23.0 Å². The van der Waals surface area contributed by atoms with Crippen LogP contribution < -0.4 is 40.9 Å². The molecular weight excluding hydrogens is 1980 g/mol. The fraction of sp³-hybridized carbons (Fsp3) is 0.315. The van der Waals surface area contributed by atoms with E-state index >= 15 is 0 Å². The summed E-state index contributed by atoms with van der Waals surface area (Å²) in [6.07, 6.45) is 5.66. The number of ether oxygens (including phenoxy) is 8. The molecule has 0 saturated carbocycles. The molecule has 147 heavy (non-hydrogen) atoms. The first kappa shape index (κ1) is 111. The minimum absolute atomic E-state index is 0.00796. The number of nitrogens with one attached hydrogen (secondary N) is 4. The third-order valence-electron chi connectivity index (χ3n) is 26.5. The van der Waals surface area contributed by atoms with Gasteiger partial charge in [0.25, 0.3) is 23.6 Å². The Morgan fingerprint density at radius 1 is 0.279 bits per heavy atom. The fourth-order valence-electron chi connectivity index (χ4n) is 18.0. The molecule has 4 amide bonds. The monoisotopic (exact) mass is 2090 g/mol. The molecule has 0 atom stereocenters. The molecule has 12 aromatic rings. The normalized spacial score (nSPS) is 15.3. The molecule has 12 aromatic carbocycles. The third-order valence-corrected chi connectivity index (χ3v) is 36.6. The van der Waals surface area contributed by atoms with E-state index in [1.165, 1.54) is 141 Å². The number of hydrogen-bond acceptors (Lipinski definition) is 24. The summed E-state index contributed by atoms with van der Waals surface area (Å²) in [6.45, 7) is 6.95. The zero-order chi connectivity index (χ0) is 105. The lowest BCUT2D eigenvalue weighted by Crippen LogP contribution is -2.54. The lowest BCUT2D eigenvalue weighted by molar-refractivity contribution is -0.135. The summed E-state index contributed by atoms with van der Waals surface area (Å²) < 4.78 is 197. The maximum atomic E-state index is 13.6. The first-order chi connectivity index (χ1) is 70.7. The van der Waals surface area contributed by atoms with Crippen molar-refractivity contribution >= 4 is 63.0 Å². The van der Waals surface area contributed by atoms with Crippen molar-refractivity contribution in [2.75, 3.05) is 79.3 Å². The van der Waals surface area contributed by atoms with Crippen LogP contribution in [0.4, 0.5) is 17.6 Å². The van der Waals surface area contributed by atoms with Crippen molar-refractivity contribution in [2.24, 2.45) is 0 Å². The van der Waals surface area contributed by atoms with Crippen molar-refractivity contribution in [3.63, 3.8) is 0 Å². The number of hydrogen-bond donors (Lipinski definition) is 8. The number of amides is 4. The van der Waals surface area contributed by atoms with E-state index < -0.39 is 93.6 Å². The number of benzene rings is 12. The van der Waals surface area contributed by atoms with E-state index in [1.54, 1.807) is 60.7 Å². The van der Waals surface area contributed by atoms with Crippen LogP contribution in [-0.4, -0.2) is 176 Å². The van der Waals surface area contributed by atoms with Gasteiger partial charge in [-0.2, -0.15) is 0 Å². The van der Waals surface area contributed by atoms with Crippen molar-refractivity contribution in [2.45, 2.75) is 161 Å². The Hall–Kier alpha value is -13.1. The van der Waals surface area contributed by atoms with Gasteiger partial charge in [-0.3, -0.25) is 40.0 Å². The topological polar surface area (TPSA) is 408 Å². The summed E-state index contributed by atoms with van der Waals surface area (Å²) in [4.78, 5) is 49.4. The Labute approximate surface area is 852 Å². The maximum absolute atomic E-state index is 13.6. The van der Waals surface area contributed by atoms with E-state index in [4.69, 9.17) is 53.5 Å². The second-order valence-electron chi connectivity index (χ2n) is 36.2. The molecule has 4 aliphatic heterocycles. The van der Waals surface area contributed by atoms with Gasteiger partial charge in [0.2, 0.25) is 0 Å². The summed E-state index contributed by atoms with van der Waals surface area (Å²) in [5.41, 5.74) is 19.1. The zero-order valence-electron chi connectivity index (χ0n) is 81.1. The van der Waals surface area contributed by atoms with Gasteiger partial charge in [0, 0.05) is 58.9 Å². The van der Waals surface area contributed by atoms with Gasteiger partial charge in [-0.25, -0.2) is 73.2 Å². The van der Waals surface area contributed by atoms with Crippen molar-refractivity contribution in [3.8, 4) is 67.5 Å². The number of halogens is 4. The van der Waals surface area contributed by atoms with Gasteiger partial charge >= 0.3 is 0 Å². The smallest absolute Gasteiger partial charge is 0.265 e. The SMILES string of the molecule is CC(C)c1ccc(-c2cccc(CCCOc3ccc(S(=O)(=O)C4(C(=O)NO)CCOCC4)cc3)c2)cc1.O=C(NO)C1(S(=O)(=O)c2ccc(OCCCc3cccc(-c4cc(F)cc(F)c4)c3)cc2)CCOCC1.O=C(NO)C1(S(=O)(=O)c2ccc(OCCCc3cccc(-c4ccc(F)cc4)c3)cc2)CCOCC1.O=C(NO)C1(S(=O)(=O)c2ccc(OCCCc3cccc(-c4cccc(F)c4)c3)cc2)CCOCC1. The number of carbonyl (C=O) groups excluding carboxylic acids is 4. The first-order valence-corrected chi connectivity index (χ1v) is 54.1. The molecule has 0 spiro atoms. The van der Waals surface area contributed by atoms with E-state index in [1.807, 2.05) is 66.7 Å². The van der Waals surface area contributed by atoms with Gasteiger partial charge in [-0.15, -0.1) is 0 Å². The predicted molar refractivity (Wildman–Crippen MR) is 542 cm³/mol. The largest absolute Gasteiger partial charge is 0.494 e. The molecule has 16 rings (SSSR count). The molecule has 0 aromatic heterocycles. The molecule has 36 heteroatoms. The number of rotatable bonds is 37. The van der Waals surface area contributed by atoms with E-state index in [2.05, 4.69) is 68.4 Å². The predicted octanol–water partition coefficient (Wildman–Crippen LogP) is 18.5. The standard InChI is InChI=1S/C30H35NO6S.C27H27F2NO6S.2C27H28FNO6S/c1-22(2)24-8-10-25(11-9-24)26-7-3-5-23(21-26)6-4-18-37-27-12-14-28(15-13-27)38(34,35)30(29(32)31-33)16-19-36-20-17-30;28-22-16-21(17-23(29)18-22)20-5-1-3-19(15-20)4-2-12-36-24-6-8-25(9-7-24)37(33,34)27(26(31)30-32)10-13-35-14-11-27;28-23-8-2-7-22(19-23)21-6-1-4-20(18-21)5-3-15-35-24-9-11-25(12-10-24)36(32,33)27(26(30)29-31)13-16-34-17-14-27;28-23-8-6-21(7-9-23)22-5-1-3-20(19-22)4-2-16-35-24-10-12-25(13-11-24)36(32,33)27(26(30)29-31)14-17-34-18-15-27/h3,5,7-15,21-22,33H,4,6,16-20H2,1-2H3,(H,31,32);1,3,5-9,15-18,32H,2,4,10-14H2,(H,30,31);1-2,4,6-12,18-19,31H,3,5,13-17H2,(H,29,30);1,3,5-13,19,31H,2,4,14-18H2,(H,29,30). The van der Waals surface area contributed by atoms with Gasteiger partial charge in [0.15, 0.2) is 58.3 Å². The highest BCUT2D eigenvalue weighted by Crippen LogP contribution is 2.42. The van der Waals surface area contributed by atoms with Gasteiger partial charge < -0.3 is 37.9 Å². The molecule has 0 aliphatic carbocycles. The first-order valence-electron chi connectivity index (χ1n) is 48.2. The molecule has 0 bridgehead atoms. The van der Waals surface area contributed by atoms with Crippen LogP contribution in [0.3, 0.4) is 0 Å². The van der Waals surface area contributed by atoms with E-state index in [0.29, 0.717) is 79.3 Å². The summed E-state index contributed by atoms with van der Waals surface area (Å²) in [5, 5.41) is 36.6. The molecule has 4 fully saturated rings. The summed E-state index contributed by atoms with van der Waals surface area (Å²) >= 11 is 0. The summed E-state index contributed by atoms with van der Waals surface area (Å²) in [6, 6.07) is 80.7. The molecule has 0 unspecified atom stereocenters. The van der Waals surface area contributed by atoms with Crippen LogP contribution in [0, 0.1) is 23.3 Å². The van der Waals surface area contributed by atoms with Gasteiger partial charge in [-0.05, 0) is 314 Å². The molecular formula is C111H118F4N4O24S4. The molecule has 778 valence electrons. The van der Waals surface area contributed by atoms with Crippen molar-refractivity contribution in [3.05, 3.63) is 336 Å². The molecule has 8 N–H and O–H groups in total. The molecule has 4 aliphatic rings. The Bertz CT molecular complexity index is 6920. The van der Waals surface area contributed by atoms with Crippen LogP contribution in [0.2, 0.25) is 0 Å². The van der Waals surface area contributed by atoms with Gasteiger partial charge in [0.05, 0.1) is 46.0 Å². The number of aryl methyl sites for hydroxylation is 4. The average molecular weight is 2100 g/mol. The zero-order valence-corrected chi connectivity index (χ0v) is 84.4. The van der Waals surface area contributed by atoms with Crippen LogP contribution in [0.25, 0.3) is 44.5 Å². The summed E-state index contributed by atoms with van der Waals surface area (Å²) in [5.74, 6) is -3.06. The Balaban J connectivity index is 0.000000164. The fourth-order valence-corrected chi connectivity index (χ4v) is 25.8. The third kappa shape index (κ3) is 27.3. The quantitative estimate of drug-likeness (QED) is 0.00776. The molecule has 0 radical (unpaired) electrons. The van der Waals surface area contributed by atoms with E-state index in [9.17, 15) is 75.6 Å². The van der Waals surface area contributed by atoms with Crippen molar-refractivity contribution in [1.29, 1.82) is 0 Å². The average Bonchev–Trinajstić information content (AvgIpc) is 0.757. The molecule has 28 nitrogen and oxygen atoms in total. The number of carbonyl (C=O) groups is 4. The van der Waals surface area contributed by atoms with Crippen LogP contribution in [-0.2, 0) is 103 Å². The van der Waals surface area contributed by atoms with Crippen LogP contribution in [0.15, 0.2) is 305 Å². The van der Waals surface area contributed by atoms with Crippen molar-refractivity contribution < 1.29 is 129 Å². The highest BCUT2D eigenvalue weighted by molar-refractivity contribution is 7.94. The Morgan fingerprint density at radius 2 is 0.510 bits per heavy atom. The Kier molecular flexibility index (Phi) is 38.9. The number of sulfone groups is 4. The lowest BCUT2D eigenvalue weighted by Gasteiger charge is -2.34. The van der Waals surface area contributed by atoms with E-state index in [-0.39, 0.29) is 135 Å². The number of hydroxylamine groups is 4. The van der Waals surface area contributed by atoms with Crippen molar-refractivity contribution in [1.82, 2.24) is 21.9 Å². The highest BCUT2D eigenvalue weighted by atomic mass is 32.2. The second kappa shape index (κ2) is 51.5. The van der Waals surface area contributed by atoms with Gasteiger partial charge in [-0.1, -0.05) is 159 Å². The Morgan fingerprint density at radius 3 is 0.762 bits per heavy atom. The second-order valence-corrected chi connectivity index (χ2v) is 45.2. The van der Waals surface area contributed by atoms with Crippen LogP contribution >= 0.6 is 0 Å².